The van der Waals surface area contributed by atoms with Crippen LogP contribution >= 0.6 is 23.1 Å². The average Bonchev–Trinajstić information content (AvgIpc) is 3.31. The van der Waals surface area contributed by atoms with E-state index in [1.54, 1.807) is 19.2 Å². The molecule has 0 spiro atoms. The first-order valence-corrected chi connectivity index (χ1v) is 16.9. The molecule has 0 aliphatic heterocycles. The van der Waals surface area contributed by atoms with E-state index in [0.29, 0.717) is 14.7 Å². The Morgan fingerprint density at radius 2 is 1.75 bits per heavy atom. The van der Waals surface area contributed by atoms with Gasteiger partial charge in [0.15, 0.2) is 9.84 Å². The van der Waals surface area contributed by atoms with Crippen LogP contribution in [0.1, 0.15) is 17.4 Å². The van der Waals surface area contributed by atoms with Crippen molar-refractivity contribution in [3.05, 3.63) is 59.0 Å². The van der Waals surface area contributed by atoms with Crippen molar-refractivity contribution in [2.45, 2.75) is 39.3 Å². The number of amides is 1. The number of thioether (sulfide) groups is 1. The number of rotatable bonds is 9. The summed E-state index contributed by atoms with van der Waals surface area (Å²) in [4.78, 5) is 13.0. The second-order valence-electron chi connectivity index (χ2n) is 8.93. The normalized spacial score (nSPS) is 13.2. The summed E-state index contributed by atoms with van der Waals surface area (Å²) in [5.74, 6) is -2.55. The van der Waals surface area contributed by atoms with Gasteiger partial charge in [-0.25, -0.2) is 16.8 Å². The van der Waals surface area contributed by atoms with Crippen molar-refractivity contribution in [3.8, 4) is 11.1 Å². The minimum Gasteiger partial charge on any atom is -0.383 e. The molecule has 0 aliphatic rings. The highest BCUT2D eigenvalue weighted by Gasteiger charge is 2.44. The first-order valence-electron chi connectivity index (χ1n) is 11.4. The second-order valence-corrected chi connectivity index (χ2v) is 15.4. The van der Waals surface area contributed by atoms with Gasteiger partial charge < -0.3 is 10.6 Å². The smallest absolute Gasteiger partial charge is 0.383 e. The zero-order chi connectivity index (χ0) is 30.2. The molecule has 1 heterocycles. The molecule has 1 amide bonds. The molecule has 3 aromatic rings. The first-order chi connectivity index (χ1) is 18.4. The number of nitrogens with zero attached hydrogens (tertiary/aromatic N) is 1. The molecule has 0 bridgehead atoms. The van der Waals surface area contributed by atoms with E-state index in [4.69, 9.17) is 11.1 Å². The molecule has 2 aromatic carbocycles. The number of carbonyl (C=O) groups is 1. The summed E-state index contributed by atoms with van der Waals surface area (Å²) in [5, 5.41) is 6.34. The Kier molecular flexibility index (Phi) is 9.13. The molecule has 1 unspecified atom stereocenters. The molecule has 0 radical (unpaired) electrons. The average molecular weight is 634 g/mol. The summed E-state index contributed by atoms with van der Waals surface area (Å²) < 4.78 is 92.8. The summed E-state index contributed by atoms with van der Waals surface area (Å²) in [5.41, 5.74) is 6.10. The Bertz CT molecular complexity index is 1680. The highest BCUT2D eigenvalue weighted by atomic mass is 32.2. The second kappa shape index (κ2) is 11.5. The molecule has 3 N–H and O–H groups in total. The van der Waals surface area contributed by atoms with Crippen LogP contribution in [0, 0.1) is 12.3 Å². The standard InChI is InChI=1S/C25H26F3N3O5S4/c1-14-7-5-10-18(31(24(32)25(26,27)28)13-15(2)39(4,33)34)21(14)16-8-6-9-17(11-16)40(35,36)20-12-19(22(29)30)38-23(20)37-3/h5-12,15H,13H2,1-4H3,(H3,29,30). The van der Waals surface area contributed by atoms with Crippen molar-refractivity contribution in [1.82, 2.24) is 0 Å². The van der Waals surface area contributed by atoms with Gasteiger partial charge in [0.1, 0.15) is 5.84 Å². The Labute approximate surface area is 238 Å². The molecule has 1 atom stereocenters. The van der Waals surface area contributed by atoms with Crippen molar-refractivity contribution >= 4 is 60.2 Å². The largest absolute Gasteiger partial charge is 0.471 e. The third kappa shape index (κ3) is 6.53. The van der Waals surface area contributed by atoms with Crippen LogP contribution in [0.5, 0.6) is 0 Å². The lowest BCUT2D eigenvalue weighted by molar-refractivity contribution is -0.170. The van der Waals surface area contributed by atoms with Crippen molar-refractivity contribution < 1.29 is 34.8 Å². The highest BCUT2D eigenvalue weighted by molar-refractivity contribution is 8.01. The van der Waals surface area contributed by atoms with Crippen LogP contribution in [0.4, 0.5) is 18.9 Å². The molecule has 0 saturated carbocycles. The fraction of sp³-hybridized carbons (Fsp3) is 0.280. The Morgan fingerprint density at radius 1 is 1.12 bits per heavy atom. The molecule has 0 aliphatic carbocycles. The van der Waals surface area contributed by atoms with Gasteiger partial charge in [-0.3, -0.25) is 10.2 Å². The van der Waals surface area contributed by atoms with Gasteiger partial charge in [0.25, 0.3) is 0 Å². The monoisotopic (exact) mass is 633 g/mol. The zero-order valence-electron chi connectivity index (χ0n) is 21.7. The van der Waals surface area contributed by atoms with Crippen LogP contribution in [0.25, 0.3) is 11.1 Å². The first kappa shape index (κ1) is 31.6. The zero-order valence-corrected chi connectivity index (χ0v) is 25.0. The number of hydrogen-bond donors (Lipinski definition) is 2. The molecular formula is C25H26F3N3O5S4. The number of nitrogens with one attached hydrogen (secondary N) is 1. The minimum atomic E-state index is -5.30. The fourth-order valence-corrected chi connectivity index (χ4v) is 8.18. The third-order valence-corrected chi connectivity index (χ3v) is 12.0. The van der Waals surface area contributed by atoms with Gasteiger partial charge in [0.05, 0.1) is 29.8 Å². The van der Waals surface area contributed by atoms with E-state index < -0.39 is 43.6 Å². The van der Waals surface area contributed by atoms with E-state index in [1.165, 1.54) is 49.4 Å². The van der Waals surface area contributed by atoms with Crippen LogP contribution < -0.4 is 10.6 Å². The molecular weight excluding hydrogens is 608 g/mol. The summed E-state index contributed by atoms with van der Waals surface area (Å²) in [6, 6.07) is 11.1. The number of amidine groups is 1. The topological polar surface area (TPSA) is 138 Å². The summed E-state index contributed by atoms with van der Waals surface area (Å²) in [7, 11) is -7.96. The van der Waals surface area contributed by atoms with Crippen molar-refractivity contribution in [1.29, 1.82) is 5.41 Å². The molecule has 216 valence electrons. The molecule has 0 saturated heterocycles. The van der Waals surface area contributed by atoms with Crippen molar-refractivity contribution in [3.63, 3.8) is 0 Å². The number of anilines is 1. The maximum atomic E-state index is 13.7. The van der Waals surface area contributed by atoms with Gasteiger partial charge in [-0.2, -0.15) is 13.2 Å². The van der Waals surface area contributed by atoms with Gasteiger partial charge in [0, 0.05) is 18.4 Å². The lowest BCUT2D eigenvalue weighted by Gasteiger charge is -2.29. The van der Waals surface area contributed by atoms with Crippen molar-refractivity contribution in [2.24, 2.45) is 5.73 Å². The molecule has 1 aromatic heterocycles. The predicted octanol–water partition coefficient (Wildman–Crippen LogP) is 4.89. The number of alkyl halides is 3. The van der Waals surface area contributed by atoms with Gasteiger partial charge in [-0.1, -0.05) is 24.3 Å². The molecule has 3 rings (SSSR count). The Morgan fingerprint density at radius 3 is 2.30 bits per heavy atom. The number of sulfone groups is 2. The van der Waals surface area contributed by atoms with Crippen molar-refractivity contribution in [2.75, 3.05) is 24.0 Å². The molecule has 15 heteroatoms. The SMILES string of the molecule is CSc1sc(C(=N)N)cc1S(=O)(=O)c1cccc(-c2c(C)cccc2N(CC(C)S(C)(=O)=O)C(=O)C(F)(F)F)c1. The Balaban J connectivity index is 2.24. The number of benzene rings is 2. The lowest BCUT2D eigenvalue weighted by atomic mass is 9.97. The maximum Gasteiger partial charge on any atom is 0.471 e. The van der Waals surface area contributed by atoms with E-state index in [9.17, 15) is 34.8 Å². The van der Waals surface area contributed by atoms with E-state index in [0.717, 1.165) is 29.4 Å². The number of aryl methyl sites for hydroxylation is 1. The van der Waals surface area contributed by atoms with Gasteiger partial charge >= 0.3 is 12.1 Å². The van der Waals surface area contributed by atoms with Crippen LogP contribution in [-0.4, -0.2) is 59.1 Å². The van der Waals surface area contributed by atoms with Gasteiger partial charge in [-0.05, 0) is 55.5 Å². The Hall–Kier alpha value is -2.88. The summed E-state index contributed by atoms with van der Waals surface area (Å²) >= 11 is 2.21. The van der Waals surface area contributed by atoms with Crippen LogP contribution in [0.3, 0.4) is 0 Å². The summed E-state index contributed by atoms with van der Waals surface area (Å²) in [6.45, 7) is 2.01. The van der Waals surface area contributed by atoms with Crippen LogP contribution in [0.15, 0.2) is 62.5 Å². The van der Waals surface area contributed by atoms with E-state index in [1.807, 2.05) is 0 Å². The number of hydrogen-bond acceptors (Lipinski definition) is 8. The maximum absolute atomic E-state index is 13.7. The molecule has 40 heavy (non-hydrogen) atoms. The van der Waals surface area contributed by atoms with E-state index in [-0.39, 0.29) is 37.3 Å². The number of nitrogen functional groups attached to an aromatic ring is 1. The lowest BCUT2D eigenvalue weighted by Crippen LogP contribution is -2.46. The predicted molar refractivity (Wildman–Crippen MR) is 152 cm³/mol. The highest BCUT2D eigenvalue weighted by Crippen LogP contribution is 2.40. The molecule has 0 fully saturated rings. The van der Waals surface area contributed by atoms with Crippen LogP contribution in [-0.2, 0) is 24.5 Å². The number of thiophene rings is 1. The summed E-state index contributed by atoms with van der Waals surface area (Å²) in [6.07, 6.45) is -2.76. The number of halogens is 3. The number of nitrogens with two attached hydrogens (primary N) is 1. The third-order valence-electron chi connectivity index (χ3n) is 6.04. The minimum absolute atomic E-state index is 0.0618. The van der Waals surface area contributed by atoms with E-state index >= 15 is 0 Å². The van der Waals surface area contributed by atoms with Crippen LogP contribution in [0.2, 0.25) is 0 Å². The molecule has 8 nitrogen and oxygen atoms in total. The quantitative estimate of drug-likeness (QED) is 0.194. The van der Waals surface area contributed by atoms with Gasteiger partial charge in [0.2, 0.25) is 9.84 Å². The van der Waals surface area contributed by atoms with Gasteiger partial charge in [-0.15, -0.1) is 23.1 Å². The fourth-order valence-electron chi connectivity index (χ4n) is 3.85. The number of carbonyl (C=O) groups excluding carboxylic acids is 1. The van der Waals surface area contributed by atoms with E-state index in [2.05, 4.69) is 0 Å².